The molecule has 1 aliphatic carbocycles. The lowest BCUT2D eigenvalue weighted by Gasteiger charge is -2.42. The number of aryl methyl sites for hydroxylation is 1. The van der Waals surface area contributed by atoms with E-state index in [9.17, 15) is 14.7 Å². The van der Waals surface area contributed by atoms with Gasteiger partial charge in [-0.2, -0.15) is 0 Å². The molecule has 5 heteroatoms. The summed E-state index contributed by atoms with van der Waals surface area (Å²) >= 11 is 0. The molecule has 4 rings (SSSR count). The molecule has 156 valence electrons. The van der Waals surface area contributed by atoms with Gasteiger partial charge in [-0.1, -0.05) is 39.8 Å². The van der Waals surface area contributed by atoms with E-state index in [0.717, 1.165) is 29.5 Å². The van der Waals surface area contributed by atoms with Crippen LogP contribution in [0.25, 0.3) is 17.2 Å². The van der Waals surface area contributed by atoms with E-state index in [-0.39, 0.29) is 22.3 Å². The molecule has 30 heavy (non-hydrogen) atoms. The lowest BCUT2D eigenvalue weighted by atomic mass is 9.62. The van der Waals surface area contributed by atoms with Crippen LogP contribution in [-0.4, -0.2) is 17.0 Å². The van der Waals surface area contributed by atoms with Gasteiger partial charge in [0, 0.05) is 5.56 Å². The van der Waals surface area contributed by atoms with Crippen LogP contribution in [0.3, 0.4) is 0 Å². The van der Waals surface area contributed by atoms with Crippen LogP contribution >= 0.6 is 0 Å². The fourth-order valence-electron chi connectivity index (χ4n) is 4.52. The Labute approximate surface area is 177 Å². The SMILES string of the molecule is Cc1cc2c(cc1-c1cc(/C=C3/NC(=O)NC3=O)ccc1O)C(C)(C)CCC2(C)C. The number of urea groups is 1. The van der Waals surface area contributed by atoms with Gasteiger partial charge in [0.2, 0.25) is 0 Å². The highest BCUT2D eigenvalue weighted by atomic mass is 16.3. The van der Waals surface area contributed by atoms with Crippen molar-refractivity contribution in [3.8, 4) is 16.9 Å². The van der Waals surface area contributed by atoms with E-state index in [2.05, 4.69) is 57.4 Å². The Balaban J connectivity index is 1.84. The van der Waals surface area contributed by atoms with E-state index in [1.807, 2.05) is 6.07 Å². The van der Waals surface area contributed by atoms with E-state index in [1.165, 1.54) is 11.1 Å². The third-order valence-corrected chi connectivity index (χ3v) is 6.54. The molecule has 1 heterocycles. The zero-order chi connectivity index (χ0) is 21.8. The second-order valence-corrected chi connectivity index (χ2v) is 9.72. The second-order valence-electron chi connectivity index (χ2n) is 9.72. The summed E-state index contributed by atoms with van der Waals surface area (Å²) in [5.74, 6) is -0.267. The van der Waals surface area contributed by atoms with Crippen molar-refractivity contribution in [1.82, 2.24) is 10.6 Å². The lowest BCUT2D eigenvalue weighted by molar-refractivity contribution is -0.115. The summed E-state index contributed by atoms with van der Waals surface area (Å²) in [6.07, 6.45) is 3.88. The molecule has 0 atom stereocenters. The highest BCUT2D eigenvalue weighted by Gasteiger charge is 2.37. The molecule has 1 fully saturated rings. The molecule has 0 bridgehead atoms. The Kier molecular flexibility index (Phi) is 4.53. The molecule has 1 saturated heterocycles. The number of amides is 3. The monoisotopic (exact) mass is 404 g/mol. The number of phenolic OH excluding ortho intramolecular Hbond substituents is 1. The van der Waals surface area contributed by atoms with Gasteiger partial charge in [0.15, 0.2) is 0 Å². The van der Waals surface area contributed by atoms with Crippen molar-refractivity contribution in [1.29, 1.82) is 0 Å². The van der Waals surface area contributed by atoms with E-state index >= 15 is 0 Å². The van der Waals surface area contributed by atoms with Crippen LogP contribution in [-0.2, 0) is 15.6 Å². The number of phenols is 1. The van der Waals surface area contributed by atoms with Crippen LogP contribution in [0, 0.1) is 6.92 Å². The zero-order valence-electron chi connectivity index (χ0n) is 18.1. The van der Waals surface area contributed by atoms with Crippen LogP contribution in [0.15, 0.2) is 36.0 Å². The Bertz CT molecular complexity index is 1110. The number of hydrogen-bond acceptors (Lipinski definition) is 3. The van der Waals surface area contributed by atoms with Crippen LogP contribution in [0.1, 0.15) is 62.8 Å². The Hall–Kier alpha value is -3.08. The standard InChI is InChI=1S/C25H28N2O3/c1-14-10-18-19(25(4,5)9-8-24(18,2)3)13-16(14)17-11-15(6-7-21(17)28)12-20-22(29)27-23(30)26-20/h6-7,10-13,28H,8-9H2,1-5H3,(H2,26,27,29,30)/b20-12+. The number of fused-ring (bicyclic) bond motifs is 1. The third-order valence-electron chi connectivity index (χ3n) is 6.54. The van der Waals surface area contributed by atoms with Crippen LogP contribution < -0.4 is 10.6 Å². The van der Waals surface area contributed by atoms with Crippen molar-refractivity contribution in [3.63, 3.8) is 0 Å². The molecule has 0 aromatic heterocycles. The molecule has 1 aliphatic heterocycles. The Morgan fingerprint density at radius 2 is 1.53 bits per heavy atom. The van der Waals surface area contributed by atoms with Gasteiger partial charge >= 0.3 is 6.03 Å². The van der Waals surface area contributed by atoms with Gasteiger partial charge in [-0.3, -0.25) is 10.1 Å². The summed E-state index contributed by atoms with van der Waals surface area (Å²) in [5.41, 5.74) is 6.62. The third kappa shape index (κ3) is 3.38. The molecule has 2 aromatic rings. The number of imide groups is 1. The number of nitrogens with one attached hydrogen (secondary N) is 2. The maximum atomic E-state index is 11.8. The van der Waals surface area contributed by atoms with Crippen molar-refractivity contribution in [3.05, 3.63) is 58.3 Å². The predicted octanol–water partition coefficient (Wildman–Crippen LogP) is 4.90. The molecule has 2 aromatic carbocycles. The van der Waals surface area contributed by atoms with Gasteiger partial charge < -0.3 is 10.4 Å². The summed E-state index contributed by atoms with van der Waals surface area (Å²) in [6.45, 7) is 11.2. The first-order chi connectivity index (χ1) is 14.0. The molecule has 0 spiro atoms. The molecular formula is C25H28N2O3. The summed E-state index contributed by atoms with van der Waals surface area (Å²) in [7, 11) is 0. The summed E-state index contributed by atoms with van der Waals surface area (Å²) in [4.78, 5) is 23.2. The topological polar surface area (TPSA) is 78.4 Å². The smallest absolute Gasteiger partial charge is 0.326 e. The first-order valence-electron chi connectivity index (χ1n) is 10.3. The number of carbonyl (C=O) groups is 2. The molecule has 3 N–H and O–H groups in total. The number of carbonyl (C=O) groups excluding carboxylic acids is 2. The minimum absolute atomic E-state index is 0.0642. The molecule has 0 saturated carbocycles. The number of benzene rings is 2. The number of rotatable bonds is 2. The molecule has 3 amide bonds. The molecule has 5 nitrogen and oxygen atoms in total. The van der Waals surface area contributed by atoms with E-state index in [1.54, 1.807) is 18.2 Å². The van der Waals surface area contributed by atoms with Crippen LogP contribution in [0.4, 0.5) is 4.79 Å². The molecule has 0 unspecified atom stereocenters. The van der Waals surface area contributed by atoms with Crippen molar-refractivity contribution in [2.45, 2.75) is 58.3 Å². The normalized spacial score (nSPS) is 20.6. The van der Waals surface area contributed by atoms with Crippen molar-refractivity contribution >= 4 is 18.0 Å². The van der Waals surface area contributed by atoms with Gasteiger partial charge in [0.25, 0.3) is 5.91 Å². The molecular weight excluding hydrogens is 376 g/mol. The Morgan fingerprint density at radius 1 is 0.900 bits per heavy atom. The van der Waals surface area contributed by atoms with Crippen molar-refractivity contribution in [2.24, 2.45) is 0 Å². The van der Waals surface area contributed by atoms with Crippen LogP contribution in [0.2, 0.25) is 0 Å². The fraction of sp³-hybridized carbons (Fsp3) is 0.360. The molecule has 2 aliphatic rings. The van der Waals surface area contributed by atoms with E-state index in [0.29, 0.717) is 5.56 Å². The summed E-state index contributed by atoms with van der Waals surface area (Å²) in [6, 6.07) is 9.17. The maximum absolute atomic E-state index is 11.8. The van der Waals surface area contributed by atoms with Gasteiger partial charge in [0.05, 0.1) is 0 Å². The van der Waals surface area contributed by atoms with Crippen molar-refractivity contribution in [2.75, 3.05) is 0 Å². The average Bonchev–Trinajstić information content (AvgIpc) is 2.97. The van der Waals surface area contributed by atoms with E-state index < -0.39 is 11.9 Å². The Morgan fingerprint density at radius 3 is 2.13 bits per heavy atom. The first kappa shape index (κ1) is 20.2. The number of hydrogen-bond donors (Lipinski definition) is 3. The van der Waals surface area contributed by atoms with E-state index in [4.69, 9.17) is 0 Å². The minimum Gasteiger partial charge on any atom is -0.507 e. The zero-order valence-corrected chi connectivity index (χ0v) is 18.1. The minimum atomic E-state index is -0.527. The fourth-order valence-corrected chi connectivity index (χ4v) is 4.52. The van der Waals surface area contributed by atoms with Gasteiger partial charge in [0.1, 0.15) is 11.4 Å². The second kappa shape index (κ2) is 6.73. The van der Waals surface area contributed by atoms with Gasteiger partial charge in [-0.15, -0.1) is 0 Å². The summed E-state index contributed by atoms with van der Waals surface area (Å²) < 4.78 is 0. The van der Waals surface area contributed by atoms with Crippen LogP contribution in [0.5, 0.6) is 5.75 Å². The first-order valence-corrected chi connectivity index (χ1v) is 10.3. The molecule has 0 radical (unpaired) electrons. The highest BCUT2D eigenvalue weighted by Crippen LogP contribution is 2.48. The largest absolute Gasteiger partial charge is 0.507 e. The number of aromatic hydroxyl groups is 1. The summed E-state index contributed by atoms with van der Waals surface area (Å²) in [5, 5.41) is 15.3. The predicted molar refractivity (Wildman–Crippen MR) is 118 cm³/mol. The lowest BCUT2D eigenvalue weighted by Crippen LogP contribution is -2.34. The van der Waals surface area contributed by atoms with Crippen molar-refractivity contribution < 1.29 is 14.7 Å². The maximum Gasteiger partial charge on any atom is 0.326 e. The quantitative estimate of drug-likeness (QED) is 0.492. The van der Waals surface area contributed by atoms with Gasteiger partial charge in [-0.25, -0.2) is 4.79 Å². The highest BCUT2D eigenvalue weighted by molar-refractivity contribution is 6.14. The van der Waals surface area contributed by atoms with Gasteiger partial charge in [-0.05, 0) is 82.7 Å². The average molecular weight is 405 g/mol.